The van der Waals surface area contributed by atoms with Crippen LogP contribution in [0.4, 0.5) is 0 Å². The van der Waals surface area contributed by atoms with Crippen molar-refractivity contribution in [3.05, 3.63) is 30.3 Å². The van der Waals surface area contributed by atoms with Crippen LogP contribution >= 0.6 is 0 Å². The lowest BCUT2D eigenvalue weighted by Gasteiger charge is -2.09. The summed E-state index contributed by atoms with van der Waals surface area (Å²) in [6, 6.07) is 8.81. The summed E-state index contributed by atoms with van der Waals surface area (Å²) in [5, 5.41) is 0.786. The Kier molecular flexibility index (Phi) is 3.33. The van der Waals surface area contributed by atoms with Crippen molar-refractivity contribution in [1.82, 2.24) is 0 Å². The summed E-state index contributed by atoms with van der Waals surface area (Å²) < 4.78 is 35.1. The van der Waals surface area contributed by atoms with Crippen molar-refractivity contribution >= 4 is 20.8 Å². The highest BCUT2D eigenvalue weighted by Gasteiger charge is 2.23. The number of sulfone groups is 1. The molecule has 0 radical (unpaired) electrons. The lowest BCUT2D eigenvalue weighted by Crippen LogP contribution is -2.15. The second kappa shape index (κ2) is 4.98. The highest BCUT2D eigenvalue weighted by Crippen LogP contribution is 2.25. The fourth-order valence-corrected chi connectivity index (χ4v) is 3.42. The molecule has 0 unspecified atom stereocenters. The first-order valence-corrected chi connectivity index (χ1v) is 8.13. The Hall–Kier alpha value is -1.33. The van der Waals surface area contributed by atoms with Gasteiger partial charge in [0.25, 0.3) is 0 Å². The third kappa shape index (κ3) is 2.67. The minimum atomic E-state index is -3.50. The van der Waals surface area contributed by atoms with Gasteiger partial charge in [-0.05, 0) is 18.9 Å². The smallest absolute Gasteiger partial charge is 0.235 e. The summed E-state index contributed by atoms with van der Waals surface area (Å²) in [6.45, 7) is 0. The first-order valence-electron chi connectivity index (χ1n) is 6.48. The standard InChI is InChI=1S/C14H16O4S/c15-19(16,10-17-12-6-2-3-7-12)14-9-11-5-1-4-8-13(11)18-14/h1,4-5,8-9,12H,2-3,6-7,10H2. The zero-order valence-electron chi connectivity index (χ0n) is 10.5. The molecule has 0 atom stereocenters. The molecule has 0 aliphatic heterocycles. The zero-order chi connectivity index (χ0) is 13.3. The summed E-state index contributed by atoms with van der Waals surface area (Å²) in [7, 11) is -3.50. The minimum Gasteiger partial charge on any atom is -0.445 e. The van der Waals surface area contributed by atoms with Gasteiger partial charge < -0.3 is 9.15 Å². The molecule has 1 aromatic heterocycles. The molecule has 0 spiro atoms. The zero-order valence-corrected chi connectivity index (χ0v) is 11.4. The molecule has 0 N–H and O–H groups in total. The van der Waals surface area contributed by atoms with Crippen LogP contribution in [-0.4, -0.2) is 20.5 Å². The Labute approximate surface area is 112 Å². The van der Waals surface area contributed by atoms with Crippen molar-refractivity contribution in [2.75, 3.05) is 5.94 Å². The number of rotatable bonds is 4. The highest BCUT2D eigenvalue weighted by atomic mass is 32.2. The molecular formula is C14H16O4S. The van der Waals surface area contributed by atoms with Gasteiger partial charge in [0, 0.05) is 11.5 Å². The second-order valence-corrected chi connectivity index (χ2v) is 6.78. The molecule has 1 aliphatic rings. The number of hydrogen-bond donors (Lipinski definition) is 0. The van der Waals surface area contributed by atoms with E-state index < -0.39 is 9.84 Å². The van der Waals surface area contributed by atoms with Gasteiger partial charge in [0.05, 0.1) is 6.10 Å². The predicted octanol–water partition coefficient (Wildman–Crippen LogP) is 3.12. The van der Waals surface area contributed by atoms with E-state index in [1.807, 2.05) is 18.2 Å². The molecule has 19 heavy (non-hydrogen) atoms. The van der Waals surface area contributed by atoms with Crippen molar-refractivity contribution < 1.29 is 17.6 Å². The van der Waals surface area contributed by atoms with E-state index >= 15 is 0 Å². The predicted molar refractivity (Wildman–Crippen MR) is 71.6 cm³/mol. The van der Waals surface area contributed by atoms with Gasteiger partial charge in [-0.2, -0.15) is 0 Å². The number of hydrogen-bond acceptors (Lipinski definition) is 4. The normalized spacial score (nSPS) is 17.3. The Morgan fingerprint density at radius 3 is 2.68 bits per heavy atom. The van der Waals surface area contributed by atoms with Crippen molar-refractivity contribution in [1.29, 1.82) is 0 Å². The van der Waals surface area contributed by atoms with Crippen molar-refractivity contribution in [3.63, 3.8) is 0 Å². The van der Waals surface area contributed by atoms with Crippen LogP contribution in [0.5, 0.6) is 0 Å². The van der Waals surface area contributed by atoms with Crippen molar-refractivity contribution in [3.8, 4) is 0 Å². The molecule has 2 aromatic rings. The maximum atomic E-state index is 12.1. The largest absolute Gasteiger partial charge is 0.445 e. The Morgan fingerprint density at radius 1 is 1.21 bits per heavy atom. The van der Waals surface area contributed by atoms with Gasteiger partial charge in [0.15, 0.2) is 5.94 Å². The third-order valence-corrected chi connectivity index (χ3v) is 4.73. The maximum absolute atomic E-state index is 12.1. The molecule has 102 valence electrons. The fourth-order valence-electron chi connectivity index (χ4n) is 2.41. The monoisotopic (exact) mass is 280 g/mol. The molecule has 0 amide bonds. The lowest BCUT2D eigenvalue weighted by atomic mass is 10.3. The molecule has 1 fully saturated rings. The van der Waals surface area contributed by atoms with Crippen LogP contribution in [0, 0.1) is 0 Å². The lowest BCUT2D eigenvalue weighted by molar-refractivity contribution is 0.0914. The Balaban J connectivity index is 1.78. The summed E-state index contributed by atoms with van der Waals surface area (Å²) >= 11 is 0. The van der Waals surface area contributed by atoms with E-state index in [2.05, 4.69) is 0 Å². The van der Waals surface area contributed by atoms with Gasteiger partial charge in [-0.3, -0.25) is 0 Å². The molecule has 0 bridgehead atoms. The van der Waals surface area contributed by atoms with Crippen LogP contribution in [0.3, 0.4) is 0 Å². The summed E-state index contributed by atoms with van der Waals surface area (Å²) in [4.78, 5) is 0. The summed E-state index contributed by atoms with van der Waals surface area (Å²) in [5.41, 5.74) is 0.585. The molecule has 5 heteroatoms. The third-order valence-electron chi connectivity index (χ3n) is 3.47. The average molecular weight is 280 g/mol. The van der Waals surface area contributed by atoms with E-state index in [0.717, 1.165) is 31.1 Å². The number of furan rings is 1. The van der Waals surface area contributed by atoms with Crippen molar-refractivity contribution in [2.45, 2.75) is 36.9 Å². The number of ether oxygens (including phenoxy) is 1. The van der Waals surface area contributed by atoms with E-state index in [9.17, 15) is 8.42 Å². The molecule has 1 aliphatic carbocycles. The van der Waals surface area contributed by atoms with Crippen LogP contribution in [-0.2, 0) is 14.6 Å². The molecule has 3 rings (SSSR count). The summed E-state index contributed by atoms with van der Waals surface area (Å²) in [5.74, 6) is -0.294. The molecule has 1 aromatic carbocycles. The average Bonchev–Trinajstić information content (AvgIpc) is 3.05. The Morgan fingerprint density at radius 2 is 1.95 bits per heavy atom. The molecule has 1 saturated carbocycles. The first-order chi connectivity index (χ1) is 9.15. The van der Waals surface area contributed by atoms with Gasteiger partial charge in [0.2, 0.25) is 14.9 Å². The maximum Gasteiger partial charge on any atom is 0.235 e. The van der Waals surface area contributed by atoms with Gasteiger partial charge >= 0.3 is 0 Å². The van der Waals surface area contributed by atoms with Crippen LogP contribution in [0.1, 0.15) is 25.7 Å². The van der Waals surface area contributed by atoms with Crippen LogP contribution in [0.25, 0.3) is 11.0 Å². The second-order valence-electron chi connectivity index (χ2n) is 4.91. The van der Waals surface area contributed by atoms with Crippen LogP contribution < -0.4 is 0 Å². The fraction of sp³-hybridized carbons (Fsp3) is 0.429. The van der Waals surface area contributed by atoms with E-state index in [0.29, 0.717) is 5.58 Å². The highest BCUT2D eigenvalue weighted by molar-refractivity contribution is 7.91. The van der Waals surface area contributed by atoms with E-state index in [4.69, 9.17) is 9.15 Å². The molecular weight excluding hydrogens is 264 g/mol. The number of fused-ring (bicyclic) bond motifs is 1. The van der Waals surface area contributed by atoms with Gasteiger partial charge in [-0.1, -0.05) is 31.0 Å². The quantitative estimate of drug-likeness (QED) is 0.863. The molecule has 4 nitrogen and oxygen atoms in total. The summed E-state index contributed by atoms with van der Waals surface area (Å²) in [6.07, 6.45) is 4.23. The Bertz CT molecular complexity index is 633. The van der Waals surface area contributed by atoms with E-state index in [1.54, 1.807) is 12.1 Å². The van der Waals surface area contributed by atoms with Gasteiger partial charge in [-0.25, -0.2) is 8.42 Å². The SMILES string of the molecule is O=S(=O)(COC1CCCC1)c1cc2ccccc2o1. The van der Waals surface area contributed by atoms with Crippen LogP contribution in [0.15, 0.2) is 39.8 Å². The van der Waals surface area contributed by atoms with Crippen molar-refractivity contribution in [2.24, 2.45) is 0 Å². The first kappa shape index (κ1) is 12.7. The van der Waals surface area contributed by atoms with Gasteiger partial charge in [-0.15, -0.1) is 0 Å². The van der Waals surface area contributed by atoms with E-state index in [-0.39, 0.29) is 17.1 Å². The molecule has 1 heterocycles. The van der Waals surface area contributed by atoms with E-state index in [1.165, 1.54) is 0 Å². The van der Waals surface area contributed by atoms with Crippen LogP contribution in [0.2, 0.25) is 0 Å². The molecule has 0 saturated heterocycles. The topological polar surface area (TPSA) is 56.5 Å². The number of benzene rings is 1. The minimum absolute atomic E-state index is 0.00769. The van der Waals surface area contributed by atoms with Gasteiger partial charge in [0.1, 0.15) is 5.58 Å². The number of para-hydroxylation sites is 1.